The van der Waals surface area contributed by atoms with Crippen LogP contribution in [0.25, 0.3) is 0 Å². The Morgan fingerprint density at radius 1 is 1.31 bits per heavy atom. The van der Waals surface area contributed by atoms with E-state index in [9.17, 15) is 0 Å². The first kappa shape index (κ1) is 9.85. The number of hydrogen-bond acceptors (Lipinski definition) is 2. The van der Waals surface area contributed by atoms with E-state index < -0.39 is 0 Å². The van der Waals surface area contributed by atoms with Gasteiger partial charge in [-0.3, -0.25) is 0 Å². The van der Waals surface area contributed by atoms with E-state index in [2.05, 4.69) is 44.8 Å². The van der Waals surface area contributed by atoms with Gasteiger partial charge in [-0.15, -0.1) is 0 Å². The molecule has 1 saturated heterocycles. The van der Waals surface area contributed by atoms with Crippen molar-refractivity contribution in [2.75, 3.05) is 5.75 Å². The Morgan fingerprint density at radius 2 is 2.00 bits per heavy atom. The highest BCUT2D eigenvalue weighted by atomic mass is 32.2. The molecule has 13 heavy (non-hydrogen) atoms. The molecular formula is C11H21NS. The standard InChI is InChI=1S/C11H21NS/c1-7-5-9(8(7)2)12-10-6-13-11(10,3)4/h7-10,12H,5-6H2,1-4H3. The van der Waals surface area contributed by atoms with Crippen molar-refractivity contribution in [2.24, 2.45) is 11.8 Å². The second-order valence-corrected chi connectivity index (χ2v) is 6.99. The molecule has 2 fully saturated rings. The highest BCUT2D eigenvalue weighted by Gasteiger charge is 2.43. The van der Waals surface area contributed by atoms with Gasteiger partial charge < -0.3 is 5.32 Å². The van der Waals surface area contributed by atoms with Crippen LogP contribution in [0.15, 0.2) is 0 Å². The van der Waals surface area contributed by atoms with Crippen molar-refractivity contribution in [2.45, 2.75) is 50.9 Å². The average Bonchev–Trinajstić information content (AvgIpc) is 2.09. The highest BCUT2D eigenvalue weighted by molar-refractivity contribution is 8.02. The summed E-state index contributed by atoms with van der Waals surface area (Å²) in [4.78, 5) is 0. The van der Waals surface area contributed by atoms with Crippen LogP contribution in [0.4, 0.5) is 0 Å². The van der Waals surface area contributed by atoms with Crippen LogP contribution >= 0.6 is 11.8 Å². The first-order valence-corrected chi connectivity index (χ1v) is 6.39. The molecule has 2 heteroatoms. The molecule has 0 radical (unpaired) electrons. The zero-order chi connectivity index (χ0) is 9.64. The van der Waals surface area contributed by atoms with Gasteiger partial charge >= 0.3 is 0 Å². The zero-order valence-corrected chi connectivity index (χ0v) is 9.95. The zero-order valence-electron chi connectivity index (χ0n) is 9.13. The Kier molecular flexibility index (Phi) is 2.40. The van der Waals surface area contributed by atoms with Crippen molar-refractivity contribution in [3.63, 3.8) is 0 Å². The van der Waals surface area contributed by atoms with Gasteiger partial charge in [-0.05, 0) is 32.1 Å². The lowest BCUT2D eigenvalue weighted by atomic mass is 9.71. The molecule has 1 N–H and O–H groups in total. The number of hydrogen-bond donors (Lipinski definition) is 1. The lowest BCUT2D eigenvalue weighted by molar-refractivity contribution is 0.121. The molecule has 76 valence electrons. The van der Waals surface area contributed by atoms with Crippen LogP contribution in [0.2, 0.25) is 0 Å². The van der Waals surface area contributed by atoms with Crippen LogP contribution < -0.4 is 5.32 Å². The summed E-state index contributed by atoms with van der Waals surface area (Å²) in [6.07, 6.45) is 1.39. The van der Waals surface area contributed by atoms with Crippen LogP contribution in [0.1, 0.15) is 34.1 Å². The third-order valence-corrected chi connectivity index (χ3v) is 5.56. The quantitative estimate of drug-likeness (QED) is 0.733. The van der Waals surface area contributed by atoms with Gasteiger partial charge in [-0.2, -0.15) is 11.8 Å². The molecule has 1 aliphatic heterocycles. The fourth-order valence-electron chi connectivity index (χ4n) is 2.26. The summed E-state index contributed by atoms with van der Waals surface area (Å²) in [5.74, 6) is 3.14. The van der Waals surface area contributed by atoms with Gasteiger partial charge in [0.05, 0.1) is 0 Å². The molecule has 0 spiro atoms. The van der Waals surface area contributed by atoms with Gasteiger partial charge in [-0.25, -0.2) is 0 Å². The number of thioether (sulfide) groups is 1. The van der Waals surface area contributed by atoms with Crippen LogP contribution in [-0.2, 0) is 0 Å². The molecule has 0 amide bonds. The Balaban J connectivity index is 1.80. The average molecular weight is 199 g/mol. The maximum atomic E-state index is 3.80. The third kappa shape index (κ3) is 1.63. The minimum absolute atomic E-state index is 0.485. The molecule has 4 unspecified atom stereocenters. The minimum Gasteiger partial charge on any atom is -0.309 e. The van der Waals surface area contributed by atoms with Gasteiger partial charge in [0.1, 0.15) is 0 Å². The lowest BCUT2D eigenvalue weighted by Gasteiger charge is -2.51. The summed E-state index contributed by atoms with van der Waals surface area (Å²) in [6.45, 7) is 9.45. The Hall–Kier alpha value is 0.310. The smallest absolute Gasteiger partial charge is 0.0302 e. The fraction of sp³-hybridized carbons (Fsp3) is 1.00. The second-order valence-electron chi connectivity index (χ2n) is 5.31. The minimum atomic E-state index is 0.485. The summed E-state index contributed by atoms with van der Waals surface area (Å²) in [6, 6.07) is 1.57. The van der Waals surface area contributed by atoms with E-state index in [1.54, 1.807) is 0 Å². The molecule has 1 saturated carbocycles. The normalized spacial score (nSPS) is 48.0. The molecule has 2 aliphatic rings. The molecule has 1 aliphatic carbocycles. The molecule has 0 aromatic carbocycles. The number of rotatable bonds is 2. The SMILES string of the molecule is CC1CC(NC2CSC2(C)C)C1C. The van der Waals surface area contributed by atoms with E-state index in [1.165, 1.54) is 12.2 Å². The Bertz CT molecular complexity index is 202. The van der Waals surface area contributed by atoms with Crippen LogP contribution in [0.3, 0.4) is 0 Å². The van der Waals surface area contributed by atoms with Crippen LogP contribution in [-0.4, -0.2) is 22.6 Å². The Morgan fingerprint density at radius 3 is 2.31 bits per heavy atom. The first-order valence-electron chi connectivity index (χ1n) is 5.40. The van der Waals surface area contributed by atoms with Gasteiger partial charge in [0.25, 0.3) is 0 Å². The van der Waals surface area contributed by atoms with E-state index in [4.69, 9.17) is 0 Å². The predicted octanol–water partition coefficient (Wildman–Crippen LogP) is 2.51. The maximum absolute atomic E-state index is 3.80. The summed E-state index contributed by atoms with van der Waals surface area (Å²) >= 11 is 2.09. The first-order chi connectivity index (χ1) is 6.00. The molecule has 2 rings (SSSR count). The summed E-state index contributed by atoms with van der Waals surface area (Å²) < 4.78 is 0.485. The van der Waals surface area contributed by atoms with Crippen molar-refractivity contribution < 1.29 is 0 Å². The largest absolute Gasteiger partial charge is 0.309 e. The number of nitrogens with one attached hydrogen (secondary N) is 1. The van der Waals surface area contributed by atoms with E-state index in [1.807, 2.05) is 0 Å². The lowest BCUT2D eigenvalue weighted by Crippen LogP contribution is -2.62. The summed E-state index contributed by atoms with van der Waals surface area (Å²) in [5, 5.41) is 3.80. The second kappa shape index (κ2) is 3.16. The molecular weight excluding hydrogens is 178 g/mol. The Labute approximate surface area is 86.0 Å². The van der Waals surface area contributed by atoms with Gasteiger partial charge in [0, 0.05) is 22.6 Å². The van der Waals surface area contributed by atoms with Crippen molar-refractivity contribution in [3.05, 3.63) is 0 Å². The van der Waals surface area contributed by atoms with Gasteiger partial charge in [-0.1, -0.05) is 13.8 Å². The monoisotopic (exact) mass is 199 g/mol. The predicted molar refractivity (Wildman–Crippen MR) is 60.2 cm³/mol. The van der Waals surface area contributed by atoms with E-state index in [0.717, 1.165) is 23.9 Å². The topological polar surface area (TPSA) is 12.0 Å². The van der Waals surface area contributed by atoms with Crippen LogP contribution in [0.5, 0.6) is 0 Å². The van der Waals surface area contributed by atoms with E-state index in [0.29, 0.717) is 4.75 Å². The third-order valence-electron chi connectivity index (χ3n) is 4.03. The summed E-state index contributed by atoms with van der Waals surface area (Å²) in [7, 11) is 0. The van der Waals surface area contributed by atoms with Crippen LogP contribution in [0, 0.1) is 11.8 Å². The highest BCUT2D eigenvalue weighted by Crippen LogP contribution is 2.42. The van der Waals surface area contributed by atoms with Crippen molar-refractivity contribution >= 4 is 11.8 Å². The molecule has 0 aromatic rings. The summed E-state index contributed by atoms with van der Waals surface area (Å²) in [5.41, 5.74) is 0. The molecule has 1 nitrogen and oxygen atoms in total. The van der Waals surface area contributed by atoms with Gasteiger partial charge in [0.2, 0.25) is 0 Å². The van der Waals surface area contributed by atoms with Crippen molar-refractivity contribution in [3.8, 4) is 0 Å². The maximum Gasteiger partial charge on any atom is 0.0302 e. The van der Waals surface area contributed by atoms with Crippen molar-refractivity contribution in [1.29, 1.82) is 0 Å². The van der Waals surface area contributed by atoms with Crippen molar-refractivity contribution in [1.82, 2.24) is 5.32 Å². The molecule has 4 atom stereocenters. The van der Waals surface area contributed by atoms with E-state index in [-0.39, 0.29) is 0 Å². The van der Waals surface area contributed by atoms with Gasteiger partial charge in [0.15, 0.2) is 0 Å². The molecule has 1 heterocycles. The molecule has 0 aromatic heterocycles. The van der Waals surface area contributed by atoms with E-state index >= 15 is 0 Å². The fourth-order valence-corrected chi connectivity index (χ4v) is 3.42. The molecule has 0 bridgehead atoms.